The van der Waals surface area contributed by atoms with E-state index < -0.39 is 11.7 Å². The van der Waals surface area contributed by atoms with Crippen LogP contribution in [0.3, 0.4) is 0 Å². The van der Waals surface area contributed by atoms with E-state index in [0.717, 1.165) is 21.3 Å². The highest BCUT2D eigenvalue weighted by atomic mass is 32.2. The molecule has 0 atom stereocenters. The van der Waals surface area contributed by atoms with E-state index in [1.165, 1.54) is 12.1 Å². The third-order valence-electron chi connectivity index (χ3n) is 4.96. The zero-order valence-electron chi connectivity index (χ0n) is 16.1. The number of thioether (sulfide) groups is 1. The number of hydrogen-bond donors (Lipinski definition) is 0. The van der Waals surface area contributed by atoms with Crippen LogP contribution in [0.15, 0.2) is 48.5 Å². The maximum absolute atomic E-state index is 12.9. The number of rotatable bonds is 5. The summed E-state index contributed by atoms with van der Waals surface area (Å²) in [5, 5.41) is 1.00. The second-order valence-corrected chi connectivity index (χ2v) is 9.08. The van der Waals surface area contributed by atoms with E-state index in [-0.39, 0.29) is 5.91 Å². The van der Waals surface area contributed by atoms with Crippen molar-refractivity contribution in [1.82, 2.24) is 9.88 Å². The number of halogens is 3. The predicted octanol–water partition coefficient (Wildman–Crippen LogP) is 4.90. The van der Waals surface area contributed by atoms with Crippen molar-refractivity contribution in [2.75, 3.05) is 36.8 Å². The van der Waals surface area contributed by atoms with Crippen molar-refractivity contribution >= 4 is 44.9 Å². The molecule has 1 fully saturated rings. The second kappa shape index (κ2) is 8.85. The fourth-order valence-corrected chi connectivity index (χ4v) is 5.34. The van der Waals surface area contributed by atoms with Crippen LogP contribution in [-0.4, -0.2) is 47.7 Å². The van der Waals surface area contributed by atoms with Crippen LogP contribution in [0.1, 0.15) is 10.6 Å². The molecule has 1 aliphatic rings. The van der Waals surface area contributed by atoms with Gasteiger partial charge in [-0.15, -0.1) is 23.1 Å². The largest absolute Gasteiger partial charge is 0.416 e. The summed E-state index contributed by atoms with van der Waals surface area (Å²) >= 11 is 3.18. The number of aromatic nitrogens is 1. The first-order valence-electron chi connectivity index (χ1n) is 9.52. The minimum absolute atomic E-state index is 0.0600. The molecule has 0 saturated carbocycles. The van der Waals surface area contributed by atoms with Gasteiger partial charge in [-0.1, -0.05) is 18.2 Å². The fraction of sp³-hybridized carbons (Fsp3) is 0.333. The maximum atomic E-state index is 12.9. The van der Waals surface area contributed by atoms with Gasteiger partial charge in [0.25, 0.3) is 0 Å². The average molecular weight is 452 g/mol. The van der Waals surface area contributed by atoms with Crippen LogP contribution in [0.4, 0.5) is 18.9 Å². The number of carbonyl (C=O) groups is 1. The highest BCUT2D eigenvalue weighted by Crippen LogP contribution is 2.32. The van der Waals surface area contributed by atoms with Gasteiger partial charge in [0.05, 0.1) is 21.5 Å². The van der Waals surface area contributed by atoms with Crippen molar-refractivity contribution in [3.05, 3.63) is 59.1 Å². The van der Waals surface area contributed by atoms with Gasteiger partial charge in [0.2, 0.25) is 5.91 Å². The Labute approximate surface area is 180 Å². The molecule has 0 spiro atoms. The summed E-state index contributed by atoms with van der Waals surface area (Å²) in [7, 11) is 0. The number of piperazine rings is 1. The molecule has 0 aliphatic carbocycles. The van der Waals surface area contributed by atoms with E-state index in [4.69, 9.17) is 0 Å². The van der Waals surface area contributed by atoms with E-state index in [2.05, 4.69) is 4.98 Å². The molecule has 2 heterocycles. The van der Waals surface area contributed by atoms with Gasteiger partial charge in [-0.25, -0.2) is 4.98 Å². The molecule has 1 aliphatic heterocycles. The summed E-state index contributed by atoms with van der Waals surface area (Å²) in [6.07, 6.45) is -4.35. The number of benzene rings is 2. The van der Waals surface area contributed by atoms with Crippen molar-refractivity contribution < 1.29 is 18.0 Å². The Morgan fingerprint density at radius 2 is 1.83 bits per heavy atom. The van der Waals surface area contributed by atoms with Crippen LogP contribution in [0.5, 0.6) is 0 Å². The Morgan fingerprint density at radius 1 is 1.07 bits per heavy atom. The van der Waals surface area contributed by atoms with Crippen molar-refractivity contribution in [2.24, 2.45) is 0 Å². The number of thiazole rings is 1. The molecule has 2 aromatic carbocycles. The Kier molecular flexibility index (Phi) is 6.19. The molecule has 30 heavy (non-hydrogen) atoms. The van der Waals surface area contributed by atoms with Gasteiger partial charge in [-0.3, -0.25) is 4.79 Å². The average Bonchev–Trinajstić information content (AvgIpc) is 3.16. The minimum atomic E-state index is -4.35. The molecular weight excluding hydrogens is 431 g/mol. The van der Waals surface area contributed by atoms with Crippen molar-refractivity contribution in [1.29, 1.82) is 0 Å². The molecule has 3 aromatic rings. The summed E-state index contributed by atoms with van der Waals surface area (Å²) in [4.78, 5) is 20.8. The topological polar surface area (TPSA) is 36.4 Å². The highest BCUT2D eigenvalue weighted by molar-refractivity contribution is 7.99. The van der Waals surface area contributed by atoms with Crippen LogP contribution >= 0.6 is 23.1 Å². The van der Waals surface area contributed by atoms with Gasteiger partial charge in [0.1, 0.15) is 5.01 Å². The zero-order chi connectivity index (χ0) is 21.1. The summed E-state index contributed by atoms with van der Waals surface area (Å²) in [6, 6.07) is 13.3. The molecule has 9 heteroatoms. The number of amides is 1. The lowest BCUT2D eigenvalue weighted by Crippen LogP contribution is -2.49. The summed E-state index contributed by atoms with van der Waals surface area (Å²) in [5.41, 5.74) is 0.877. The van der Waals surface area contributed by atoms with E-state index in [1.54, 1.807) is 34.1 Å². The lowest BCUT2D eigenvalue weighted by atomic mass is 10.1. The van der Waals surface area contributed by atoms with Crippen LogP contribution in [0, 0.1) is 0 Å². The van der Waals surface area contributed by atoms with E-state index in [9.17, 15) is 18.0 Å². The second-order valence-electron chi connectivity index (χ2n) is 6.98. The summed E-state index contributed by atoms with van der Waals surface area (Å²) in [5.74, 6) is 1.12. The first-order valence-corrected chi connectivity index (χ1v) is 11.5. The zero-order valence-corrected chi connectivity index (χ0v) is 17.7. The Bertz CT molecular complexity index is 997. The van der Waals surface area contributed by atoms with E-state index >= 15 is 0 Å². The quantitative estimate of drug-likeness (QED) is 0.553. The molecule has 1 saturated heterocycles. The molecule has 0 unspecified atom stereocenters. The normalized spacial score (nSPS) is 15.0. The first kappa shape index (κ1) is 21.0. The molecule has 0 bridgehead atoms. The number of para-hydroxylation sites is 1. The van der Waals surface area contributed by atoms with E-state index in [0.29, 0.717) is 43.4 Å². The van der Waals surface area contributed by atoms with Crippen LogP contribution < -0.4 is 4.90 Å². The lowest BCUT2D eigenvalue weighted by Gasteiger charge is -2.36. The number of carbonyl (C=O) groups excluding carboxylic acids is 1. The smallest absolute Gasteiger partial charge is 0.368 e. The van der Waals surface area contributed by atoms with Gasteiger partial charge in [-0.05, 0) is 30.3 Å². The number of hydrogen-bond acceptors (Lipinski definition) is 5. The Hall–Kier alpha value is -2.26. The fourth-order valence-electron chi connectivity index (χ4n) is 3.39. The van der Waals surface area contributed by atoms with Crippen molar-refractivity contribution in [3.8, 4) is 0 Å². The number of anilines is 1. The van der Waals surface area contributed by atoms with Crippen LogP contribution in [-0.2, 0) is 16.7 Å². The predicted molar refractivity (Wildman–Crippen MR) is 116 cm³/mol. The third kappa shape index (κ3) is 4.89. The number of nitrogens with zero attached hydrogens (tertiary/aromatic N) is 3. The van der Waals surface area contributed by atoms with E-state index in [1.807, 2.05) is 29.2 Å². The van der Waals surface area contributed by atoms with Gasteiger partial charge < -0.3 is 9.80 Å². The molecule has 4 nitrogen and oxygen atoms in total. The van der Waals surface area contributed by atoms with Crippen LogP contribution in [0.2, 0.25) is 0 Å². The minimum Gasteiger partial charge on any atom is -0.368 e. The molecule has 1 amide bonds. The highest BCUT2D eigenvalue weighted by Gasteiger charge is 2.31. The number of fused-ring (bicyclic) bond motifs is 1. The molecule has 0 N–H and O–H groups in total. The van der Waals surface area contributed by atoms with Crippen molar-refractivity contribution in [3.63, 3.8) is 0 Å². The van der Waals surface area contributed by atoms with Gasteiger partial charge in [0.15, 0.2) is 0 Å². The van der Waals surface area contributed by atoms with Gasteiger partial charge in [-0.2, -0.15) is 13.2 Å². The lowest BCUT2D eigenvalue weighted by molar-refractivity contribution is -0.137. The van der Waals surface area contributed by atoms with Crippen molar-refractivity contribution in [2.45, 2.75) is 11.9 Å². The van der Waals surface area contributed by atoms with Crippen LogP contribution in [0.25, 0.3) is 10.2 Å². The Morgan fingerprint density at radius 3 is 2.57 bits per heavy atom. The SMILES string of the molecule is O=C(CSCc1nc2ccccc2s1)N1CCN(c2cccc(C(F)(F)F)c2)CC1. The third-order valence-corrected chi connectivity index (χ3v) is 7.11. The first-order chi connectivity index (χ1) is 14.4. The van der Waals surface area contributed by atoms with Gasteiger partial charge >= 0.3 is 6.18 Å². The Balaban J connectivity index is 1.26. The molecular formula is C21H20F3N3OS2. The number of alkyl halides is 3. The maximum Gasteiger partial charge on any atom is 0.416 e. The molecule has 0 radical (unpaired) electrons. The standard InChI is InChI=1S/C21H20F3N3OS2/c22-21(23,24)15-4-3-5-16(12-15)26-8-10-27(11-9-26)20(28)14-29-13-19-25-17-6-1-2-7-18(17)30-19/h1-7,12H,8-11,13-14H2. The monoisotopic (exact) mass is 451 g/mol. The summed E-state index contributed by atoms with van der Waals surface area (Å²) in [6.45, 7) is 2.07. The molecule has 158 valence electrons. The summed E-state index contributed by atoms with van der Waals surface area (Å²) < 4.78 is 39.9. The molecule has 4 rings (SSSR count). The van der Waals surface area contributed by atoms with Gasteiger partial charge in [0, 0.05) is 37.6 Å². The molecule has 1 aromatic heterocycles.